The molecule has 0 spiro atoms. The van der Waals surface area contributed by atoms with E-state index in [1.165, 1.54) is 18.2 Å². The lowest BCUT2D eigenvalue weighted by Crippen LogP contribution is -2.21. The Labute approximate surface area is 164 Å². The van der Waals surface area contributed by atoms with Crippen LogP contribution in [0.5, 0.6) is 0 Å². The minimum absolute atomic E-state index is 0.0125. The first-order valence-corrected chi connectivity index (χ1v) is 9.93. The van der Waals surface area contributed by atoms with Crippen molar-refractivity contribution in [2.24, 2.45) is 5.14 Å². The SMILES string of the molecule is NS(=O)(=O)c1cc(NCc2ccc(C(F)(F)F)cc2)ccc1C(Br)C(F)(F)F. The maximum atomic E-state index is 12.9. The van der Waals surface area contributed by atoms with Crippen LogP contribution in [0, 0.1) is 0 Å². The van der Waals surface area contributed by atoms with Gasteiger partial charge in [-0.1, -0.05) is 34.1 Å². The first-order valence-electron chi connectivity index (χ1n) is 7.47. The summed E-state index contributed by atoms with van der Waals surface area (Å²) in [6.07, 6.45) is -9.22. The largest absolute Gasteiger partial charge is 0.416 e. The molecule has 0 heterocycles. The van der Waals surface area contributed by atoms with E-state index in [9.17, 15) is 34.8 Å². The minimum atomic E-state index is -4.74. The van der Waals surface area contributed by atoms with Crippen LogP contribution in [0.4, 0.5) is 32.0 Å². The number of sulfonamides is 1. The number of nitrogens with one attached hydrogen (secondary N) is 1. The summed E-state index contributed by atoms with van der Waals surface area (Å²) in [5.74, 6) is 0. The molecular formula is C16H13BrF6N2O2S. The normalized spacial score (nSPS) is 14.0. The van der Waals surface area contributed by atoms with Crippen molar-refractivity contribution in [3.63, 3.8) is 0 Å². The summed E-state index contributed by atoms with van der Waals surface area (Å²) in [5, 5.41) is 7.76. The number of nitrogens with two attached hydrogens (primary N) is 1. The molecule has 1 unspecified atom stereocenters. The Morgan fingerprint density at radius 1 is 1.00 bits per heavy atom. The second-order valence-electron chi connectivity index (χ2n) is 5.75. The van der Waals surface area contributed by atoms with Gasteiger partial charge < -0.3 is 5.32 Å². The van der Waals surface area contributed by atoms with E-state index in [0.29, 0.717) is 5.56 Å². The molecule has 2 rings (SSSR count). The van der Waals surface area contributed by atoms with E-state index < -0.39 is 43.2 Å². The first-order chi connectivity index (χ1) is 12.7. The van der Waals surface area contributed by atoms with Crippen LogP contribution in [-0.4, -0.2) is 14.6 Å². The number of hydrogen-bond donors (Lipinski definition) is 2. The smallest absolute Gasteiger partial charge is 0.381 e. The van der Waals surface area contributed by atoms with Crippen LogP contribution in [0.15, 0.2) is 47.4 Å². The fraction of sp³-hybridized carbons (Fsp3) is 0.250. The summed E-state index contributed by atoms with van der Waals surface area (Å²) < 4.78 is 99.8. The van der Waals surface area contributed by atoms with Crippen LogP contribution in [0.25, 0.3) is 0 Å². The molecule has 0 aliphatic heterocycles. The molecule has 4 nitrogen and oxygen atoms in total. The highest BCUT2D eigenvalue weighted by atomic mass is 79.9. The van der Waals surface area contributed by atoms with Crippen LogP contribution < -0.4 is 10.5 Å². The molecule has 1 atom stereocenters. The average molecular weight is 491 g/mol. The molecule has 2 aromatic carbocycles. The molecule has 0 bridgehead atoms. The van der Waals surface area contributed by atoms with Gasteiger partial charge in [-0.05, 0) is 35.4 Å². The molecule has 3 N–H and O–H groups in total. The van der Waals surface area contributed by atoms with Gasteiger partial charge in [0.05, 0.1) is 10.5 Å². The van der Waals surface area contributed by atoms with Crippen molar-refractivity contribution in [2.75, 3.05) is 5.32 Å². The topological polar surface area (TPSA) is 72.2 Å². The van der Waals surface area contributed by atoms with Crippen LogP contribution in [-0.2, 0) is 22.7 Å². The third kappa shape index (κ3) is 5.61. The fourth-order valence-electron chi connectivity index (χ4n) is 2.29. The van der Waals surface area contributed by atoms with E-state index in [2.05, 4.69) is 21.2 Å². The second-order valence-corrected chi connectivity index (χ2v) is 8.20. The summed E-state index contributed by atoms with van der Waals surface area (Å²) in [6.45, 7) is 0.0125. The Morgan fingerprint density at radius 3 is 2.04 bits per heavy atom. The van der Waals surface area contributed by atoms with Crippen LogP contribution in [0.3, 0.4) is 0 Å². The zero-order valence-electron chi connectivity index (χ0n) is 13.8. The predicted octanol–water partition coefficient (Wildman–Crippen LogP) is 4.96. The van der Waals surface area contributed by atoms with Gasteiger partial charge in [0.15, 0.2) is 0 Å². The third-order valence-electron chi connectivity index (χ3n) is 3.66. The quantitative estimate of drug-likeness (QED) is 0.459. The zero-order valence-corrected chi connectivity index (χ0v) is 16.2. The van der Waals surface area contributed by atoms with Crippen molar-refractivity contribution >= 4 is 31.6 Å². The van der Waals surface area contributed by atoms with Gasteiger partial charge in [0.2, 0.25) is 10.0 Å². The molecule has 0 radical (unpaired) electrons. The molecule has 2 aromatic rings. The highest BCUT2D eigenvalue weighted by Gasteiger charge is 2.41. The molecule has 0 fully saturated rings. The van der Waals surface area contributed by atoms with Crippen molar-refractivity contribution in [2.45, 2.75) is 28.6 Å². The first kappa shape index (κ1) is 22.5. The fourth-order valence-corrected chi connectivity index (χ4v) is 3.65. The van der Waals surface area contributed by atoms with Gasteiger partial charge in [0.25, 0.3) is 0 Å². The number of rotatable bonds is 5. The molecule has 0 saturated heterocycles. The third-order valence-corrected chi connectivity index (χ3v) is 5.64. The van der Waals surface area contributed by atoms with Crippen molar-refractivity contribution in [1.29, 1.82) is 0 Å². The highest BCUT2D eigenvalue weighted by Crippen LogP contribution is 2.42. The Balaban J connectivity index is 2.25. The van der Waals surface area contributed by atoms with Gasteiger partial charge in [-0.2, -0.15) is 26.3 Å². The van der Waals surface area contributed by atoms with E-state index >= 15 is 0 Å². The maximum absolute atomic E-state index is 12.9. The number of alkyl halides is 7. The summed E-state index contributed by atoms with van der Waals surface area (Å²) in [5.41, 5.74) is -0.819. The summed E-state index contributed by atoms with van der Waals surface area (Å²) in [7, 11) is -4.46. The van der Waals surface area contributed by atoms with E-state index in [1.54, 1.807) is 0 Å². The average Bonchev–Trinajstić information content (AvgIpc) is 2.57. The minimum Gasteiger partial charge on any atom is -0.381 e. The summed E-state index contributed by atoms with van der Waals surface area (Å²) in [6, 6.07) is 7.33. The summed E-state index contributed by atoms with van der Waals surface area (Å²) >= 11 is 2.42. The zero-order chi connectivity index (χ0) is 21.3. The maximum Gasteiger partial charge on any atom is 0.416 e. The lowest BCUT2D eigenvalue weighted by molar-refractivity contribution is -0.137. The van der Waals surface area contributed by atoms with Crippen molar-refractivity contribution in [3.8, 4) is 0 Å². The monoisotopic (exact) mass is 490 g/mol. The number of halogens is 7. The Bertz CT molecular complexity index is 943. The van der Waals surface area contributed by atoms with Crippen LogP contribution in [0.1, 0.15) is 21.5 Å². The Hall–Kier alpha value is -1.79. The van der Waals surface area contributed by atoms with E-state index in [-0.39, 0.29) is 12.2 Å². The van der Waals surface area contributed by atoms with Gasteiger partial charge in [0.1, 0.15) is 4.83 Å². The molecule has 0 saturated carbocycles. The summed E-state index contributed by atoms with van der Waals surface area (Å²) in [4.78, 5) is -2.96. The van der Waals surface area contributed by atoms with E-state index in [0.717, 1.165) is 24.3 Å². The Morgan fingerprint density at radius 2 is 1.57 bits per heavy atom. The van der Waals surface area contributed by atoms with E-state index in [4.69, 9.17) is 5.14 Å². The molecular weight excluding hydrogens is 478 g/mol. The number of hydrogen-bond acceptors (Lipinski definition) is 3. The molecule has 0 aliphatic carbocycles. The number of anilines is 1. The van der Waals surface area contributed by atoms with E-state index in [1.807, 2.05) is 0 Å². The van der Waals surface area contributed by atoms with Crippen LogP contribution in [0.2, 0.25) is 0 Å². The van der Waals surface area contributed by atoms with Gasteiger partial charge in [0, 0.05) is 12.2 Å². The van der Waals surface area contributed by atoms with Crippen molar-refractivity contribution in [1.82, 2.24) is 0 Å². The van der Waals surface area contributed by atoms with Gasteiger partial charge >= 0.3 is 12.4 Å². The lowest BCUT2D eigenvalue weighted by atomic mass is 10.1. The second kappa shape index (κ2) is 7.91. The molecule has 28 heavy (non-hydrogen) atoms. The highest BCUT2D eigenvalue weighted by molar-refractivity contribution is 9.09. The molecule has 0 aliphatic rings. The number of primary sulfonamides is 1. The molecule has 0 amide bonds. The molecule has 12 heteroatoms. The predicted molar refractivity (Wildman–Crippen MR) is 94.3 cm³/mol. The number of benzene rings is 2. The molecule has 0 aromatic heterocycles. The van der Waals surface area contributed by atoms with Crippen molar-refractivity contribution in [3.05, 3.63) is 59.2 Å². The standard InChI is InChI=1S/C16H13BrF6N2O2S/c17-14(16(21,22)23)12-6-5-11(7-13(12)28(24,26)27)25-8-9-1-3-10(4-2-9)15(18,19)20/h1-7,14,25H,8H2,(H2,24,26,27). The van der Waals surface area contributed by atoms with Gasteiger partial charge in [-0.25, -0.2) is 13.6 Å². The van der Waals surface area contributed by atoms with Gasteiger partial charge in [-0.3, -0.25) is 0 Å². The van der Waals surface area contributed by atoms with Gasteiger partial charge in [-0.15, -0.1) is 0 Å². The van der Waals surface area contributed by atoms with Crippen LogP contribution >= 0.6 is 15.9 Å². The molecule has 154 valence electrons. The lowest BCUT2D eigenvalue weighted by Gasteiger charge is -2.18. The van der Waals surface area contributed by atoms with Crippen molar-refractivity contribution < 1.29 is 34.8 Å². The Kier molecular flexibility index (Phi) is 6.36.